The molecule has 0 radical (unpaired) electrons. The van der Waals surface area contributed by atoms with Gasteiger partial charge in [0.15, 0.2) is 6.29 Å². The first-order valence-electron chi connectivity index (χ1n) is 8.76. The van der Waals surface area contributed by atoms with Crippen molar-refractivity contribution in [2.24, 2.45) is 5.73 Å². The number of hydrogen-bond donors (Lipinski definition) is 4. The van der Waals surface area contributed by atoms with Crippen molar-refractivity contribution in [2.45, 2.75) is 83.1 Å². The minimum Gasteiger partial charge on any atom is -0.379 e. The van der Waals surface area contributed by atoms with Gasteiger partial charge in [0.05, 0.1) is 18.2 Å². The standard InChI is InChI=1S/C17H34N4O5/c1-10-13(11(24-6)8-12(25-7)26-10)19-15(23)21-17(4,5)9-16(2,3)20-14(18)22/h10-13H,8-9H2,1-7H3,(H3,18,20,22)(H2,19,21,23). The molecule has 1 fully saturated rings. The zero-order valence-electron chi connectivity index (χ0n) is 16.8. The Hall–Kier alpha value is -1.58. The smallest absolute Gasteiger partial charge is 0.315 e. The summed E-state index contributed by atoms with van der Waals surface area (Å²) in [6.45, 7) is 9.33. The minimum absolute atomic E-state index is 0.217. The van der Waals surface area contributed by atoms with E-state index in [9.17, 15) is 9.59 Å². The number of nitrogens with two attached hydrogens (primary N) is 1. The second-order valence-electron chi connectivity index (χ2n) is 8.07. The van der Waals surface area contributed by atoms with Gasteiger partial charge in [0, 0.05) is 31.7 Å². The first-order chi connectivity index (χ1) is 11.9. The molecule has 26 heavy (non-hydrogen) atoms. The van der Waals surface area contributed by atoms with E-state index >= 15 is 0 Å². The predicted octanol–water partition coefficient (Wildman–Crippen LogP) is 1.07. The van der Waals surface area contributed by atoms with Gasteiger partial charge >= 0.3 is 12.1 Å². The summed E-state index contributed by atoms with van der Waals surface area (Å²) in [6, 6.07) is -1.23. The summed E-state index contributed by atoms with van der Waals surface area (Å²) >= 11 is 0. The van der Waals surface area contributed by atoms with Crippen molar-refractivity contribution in [2.75, 3.05) is 14.2 Å². The first-order valence-corrected chi connectivity index (χ1v) is 8.76. The SMILES string of the molecule is COC1CC(OC)C(NC(=O)NC(C)(C)CC(C)(C)NC(N)=O)C(C)O1. The molecular formula is C17H34N4O5. The fourth-order valence-corrected chi connectivity index (χ4v) is 3.64. The average molecular weight is 374 g/mol. The fourth-order valence-electron chi connectivity index (χ4n) is 3.64. The van der Waals surface area contributed by atoms with E-state index < -0.39 is 17.1 Å². The lowest BCUT2D eigenvalue weighted by atomic mass is 9.87. The zero-order valence-corrected chi connectivity index (χ0v) is 16.8. The van der Waals surface area contributed by atoms with E-state index in [1.807, 2.05) is 34.6 Å². The van der Waals surface area contributed by atoms with Gasteiger partial charge in [-0.25, -0.2) is 9.59 Å². The number of amides is 4. The third-order valence-corrected chi connectivity index (χ3v) is 4.36. The third-order valence-electron chi connectivity index (χ3n) is 4.36. The van der Waals surface area contributed by atoms with Gasteiger partial charge in [-0.05, 0) is 41.0 Å². The normalized spacial score (nSPS) is 26.9. The number of carbonyl (C=O) groups is 2. The number of hydrogen-bond acceptors (Lipinski definition) is 5. The van der Waals surface area contributed by atoms with Gasteiger partial charge in [-0.2, -0.15) is 0 Å². The Morgan fingerprint density at radius 3 is 2.19 bits per heavy atom. The van der Waals surface area contributed by atoms with Gasteiger partial charge < -0.3 is 35.9 Å². The van der Waals surface area contributed by atoms with Crippen LogP contribution in [-0.2, 0) is 14.2 Å². The van der Waals surface area contributed by atoms with Crippen molar-refractivity contribution < 1.29 is 23.8 Å². The van der Waals surface area contributed by atoms with Crippen LogP contribution in [0.15, 0.2) is 0 Å². The molecule has 0 aromatic carbocycles. The number of nitrogens with one attached hydrogen (secondary N) is 3. The van der Waals surface area contributed by atoms with E-state index in [1.165, 1.54) is 0 Å². The van der Waals surface area contributed by atoms with E-state index in [0.29, 0.717) is 12.8 Å². The molecule has 4 amide bonds. The lowest BCUT2D eigenvalue weighted by Gasteiger charge is -2.40. The highest BCUT2D eigenvalue weighted by Gasteiger charge is 2.39. The number of rotatable bonds is 7. The molecule has 0 aromatic rings. The minimum atomic E-state index is -0.598. The van der Waals surface area contributed by atoms with E-state index in [2.05, 4.69) is 16.0 Å². The molecule has 5 N–H and O–H groups in total. The lowest BCUT2D eigenvalue weighted by Crippen LogP contribution is -2.61. The van der Waals surface area contributed by atoms with Crippen LogP contribution in [0.5, 0.6) is 0 Å². The molecule has 1 aliphatic rings. The highest BCUT2D eigenvalue weighted by molar-refractivity contribution is 5.75. The molecule has 0 bridgehead atoms. The molecule has 1 aliphatic heterocycles. The van der Waals surface area contributed by atoms with E-state index in [4.69, 9.17) is 19.9 Å². The van der Waals surface area contributed by atoms with Crippen molar-refractivity contribution in [3.8, 4) is 0 Å². The molecule has 9 heteroatoms. The lowest BCUT2D eigenvalue weighted by molar-refractivity contribution is -0.212. The monoisotopic (exact) mass is 374 g/mol. The molecule has 1 saturated heterocycles. The van der Waals surface area contributed by atoms with E-state index in [0.717, 1.165) is 0 Å². The van der Waals surface area contributed by atoms with Crippen molar-refractivity contribution >= 4 is 12.1 Å². The maximum Gasteiger partial charge on any atom is 0.315 e. The van der Waals surface area contributed by atoms with E-state index in [1.54, 1.807) is 14.2 Å². The van der Waals surface area contributed by atoms with Gasteiger partial charge in [0.25, 0.3) is 0 Å². The Balaban J connectivity index is 2.67. The second-order valence-corrected chi connectivity index (χ2v) is 8.07. The molecule has 0 aliphatic carbocycles. The number of urea groups is 2. The number of carbonyl (C=O) groups excluding carboxylic acids is 2. The van der Waals surface area contributed by atoms with Crippen molar-refractivity contribution in [1.29, 1.82) is 0 Å². The summed E-state index contributed by atoms with van der Waals surface area (Å²) in [5.74, 6) is 0. The average Bonchev–Trinajstić information content (AvgIpc) is 2.45. The van der Waals surface area contributed by atoms with Gasteiger partial charge in [0.1, 0.15) is 0 Å². The molecule has 152 valence electrons. The van der Waals surface area contributed by atoms with Crippen LogP contribution in [0.4, 0.5) is 9.59 Å². The molecule has 4 unspecified atom stereocenters. The van der Waals surface area contributed by atoms with Crippen LogP contribution in [-0.4, -0.2) is 61.9 Å². The number of primary amides is 1. The second kappa shape index (κ2) is 8.88. The van der Waals surface area contributed by atoms with Gasteiger partial charge in [-0.15, -0.1) is 0 Å². The van der Waals surface area contributed by atoms with Crippen molar-refractivity contribution in [3.63, 3.8) is 0 Å². The van der Waals surface area contributed by atoms with Crippen LogP contribution < -0.4 is 21.7 Å². The summed E-state index contributed by atoms with van der Waals surface area (Å²) in [5.41, 5.74) is 4.06. The Bertz CT molecular complexity index is 498. The summed E-state index contributed by atoms with van der Waals surface area (Å²) in [7, 11) is 3.18. The largest absolute Gasteiger partial charge is 0.379 e. The van der Waals surface area contributed by atoms with Gasteiger partial charge in [-0.1, -0.05) is 0 Å². The molecule has 4 atom stereocenters. The van der Waals surface area contributed by atoms with Gasteiger partial charge in [0.2, 0.25) is 0 Å². The topological polar surface area (TPSA) is 124 Å². The van der Waals surface area contributed by atoms with Crippen LogP contribution >= 0.6 is 0 Å². The van der Waals surface area contributed by atoms with Crippen LogP contribution in [0, 0.1) is 0 Å². The molecule has 0 aromatic heterocycles. The summed E-state index contributed by atoms with van der Waals surface area (Å²) in [4.78, 5) is 23.6. The third kappa shape index (κ3) is 6.97. The molecular weight excluding hydrogens is 340 g/mol. The van der Waals surface area contributed by atoms with Gasteiger partial charge in [-0.3, -0.25) is 0 Å². The van der Waals surface area contributed by atoms with Crippen molar-refractivity contribution in [3.05, 3.63) is 0 Å². The predicted molar refractivity (Wildman–Crippen MR) is 97.7 cm³/mol. The van der Waals surface area contributed by atoms with Crippen LogP contribution in [0.2, 0.25) is 0 Å². The Labute approximate surface area is 155 Å². The molecule has 9 nitrogen and oxygen atoms in total. The Kier molecular flexibility index (Phi) is 7.67. The Morgan fingerprint density at radius 1 is 1.12 bits per heavy atom. The quantitative estimate of drug-likeness (QED) is 0.530. The maximum absolute atomic E-state index is 12.5. The van der Waals surface area contributed by atoms with Crippen molar-refractivity contribution in [1.82, 2.24) is 16.0 Å². The highest BCUT2D eigenvalue weighted by atomic mass is 16.7. The first kappa shape index (κ1) is 22.5. The molecule has 0 saturated carbocycles. The van der Waals surface area contributed by atoms with E-state index in [-0.39, 0.29) is 30.6 Å². The van der Waals surface area contributed by atoms with Crippen LogP contribution in [0.3, 0.4) is 0 Å². The van der Waals surface area contributed by atoms with Crippen LogP contribution in [0.1, 0.15) is 47.5 Å². The molecule has 0 spiro atoms. The molecule has 1 heterocycles. The zero-order chi connectivity index (χ0) is 20.1. The summed E-state index contributed by atoms with van der Waals surface area (Å²) in [6.07, 6.45) is 0.188. The Morgan fingerprint density at radius 2 is 1.69 bits per heavy atom. The maximum atomic E-state index is 12.5. The number of methoxy groups -OCH3 is 2. The van der Waals surface area contributed by atoms with Crippen LogP contribution in [0.25, 0.3) is 0 Å². The summed E-state index contributed by atoms with van der Waals surface area (Å²) < 4.78 is 16.5. The highest BCUT2D eigenvalue weighted by Crippen LogP contribution is 2.23. The molecule has 1 rings (SSSR count). The summed E-state index contributed by atoms with van der Waals surface area (Å²) in [5, 5.41) is 8.55. The fraction of sp³-hybridized carbons (Fsp3) is 0.882. The number of ether oxygens (including phenoxy) is 3.